The Labute approximate surface area is 82.0 Å². The summed E-state index contributed by atoms with van der Waals surface area (Å²) in [5.41, 5.74) is 0. The molecule has 0 aliphatic carbocycles. The Morgan fingerprint density at radius 1 is 1.08 bits per heavy atom. The lowest BCUT2D eigenvalue weighted by Gasteiger charge is -2.29. The monoisotopic (exact) mass is 188 g/mol. The van der Waals surface area contributed by atoms with Gasteiger partial charge >= 0.3 is 0 Å². The molecule has 13 heavy (non-hydrogen) atoms. The van der Waals surface area contributed by atoms with Crippen LogP contribution in [0.3, 0.4) is 0 Å². The van der Waals surface area contributed by atoms with Crippen molar-refractivity contribution >= 4 is 0 Å². The van der Waals surface area contributed by atoms with Gasteiger partial charge in [-0.05, 0) is 19.3 Å². The highest BCUT2D eigenvalue weighted by molar-refractivity contribution is 4.73. The van der Waals surface area contributed by atoms with Crippen LogP contribution in [0.4, 0.5) is 0 Å². The van der Waals surface area contributed by atoms with Crippen LogP contribution in [0.5, 0.6) is 0 Å². The first-order valence-electron chi connectivity index (χ1n) is 5.53. The predicted octanol–water partition coefficient (Wildman–Crippen LogP) is 2.68. The van der Waals surface area contributed by atoms with Crippen LogP contribution in [0.15, 0.2) is 0 Å². The van der Waals surface area contributed by atoms with E-state index in [0.29, 0.717) is 6.42 Å². The Balaban J connectivity index is 3.87. The van der Waals surface area contributed by atoms with Gasteiger partial charge in [-0.25, -0.2) is 0 Å². The summed E-state index contributed by atoms with van der Waals surface area (Å²) in [7, 11) is 0. The summed E-state index contributed by atoms with van der Waals surface area (Å²) in [5.74, 6) is -1.40. The maximum atomic E-state index is 9.64. The van der Waals surface area contributed by atoms with Crippen molar-refractivity contribution in [3.63, 3.8) is 0 Å². The average Bonchev–Trinajstić information content (AvgIpc) is 2.12. The third-order valence-electron chi connectivity index (χ3n) is 2.82. The zero-order valence-electron chi connectivity index (χ0n) is 9.21. The van der Waals surface area contributed by atoms with Gasteiger partial charge < -0.3 is 10.2 Å². The van der Waals surface area contributed by atoms with E-state index in [1.807, 2.05) is 13.8 Å². The fraction of sp³-hybridized carbons (Fsp3) is 1.00. The van der Waals surface area contributed by atoms with E-state index in [-0.39, 0.29) is 5.92 Å². The van der Waals surface area contributed by atoms with Crippen molar-refractivity contribution in [2.24, 2.45) is 5.92 Å². The van der Waals surface area contributed by atoms with Gasteiger partial charge in [-0.15, -0.1) is 0 Å². The van der Waals surface area contributed by atoms with Crippen molar-refractivity contribution in [1.82, 2.24) is 0 Å². The molecule has 0 aromatic carbocycles. The maximum Gasteiger partial charge on any atom is 0.165 e. The molecule has 0 heterocycles. The number of unbranched alkanes of at least 4 members (excludes halogenated alkanes) is 2. The molecule has 0 spiro atoms. The van der Waals surface area contributed by atoms with Gasteiger partial charge in [-0.2, -0.15) is 0 Å². The number of rotatable bonds is 7. The molecular weight excluding hydrogens is 164 g/mol. The minimum atomic E-state index is -1.44. The largest absolute Gasteiger partial charge is 0.365 e. The van der Waals surface area contributed by atoms with Crippen LogP contribution >= 0.6 is 0 Å². The second-order valence-electron chi connectivity index (χ2n) is 3.83. The molecule has 0 aromatic rings. The predicted molar refractivity (Wildman–Crippen MR) is 55.4 cm³/mol. The molecule has 0 radical (unpaired) electrons. The standard InChI is InChI=1S/C11H24O2/c1-4-7-8-9-10(5-2)11(12,13)6-3/h10,12-13H,4-9H2,1-3H3. The molecule has 80 valence electrons. The molecule has 0 rings (SSSR count). The van der Waals surface area contributed by atoms with Gasteiger partial charge in [0.2, 0.25) is 0 Å². The maximum absolute atomic E-state index is 9.64. The number of hydrogen-bond donors (Lipinski definition) is 2. The van der Waals surface area contributed by atoms with Crippen molar-refractivity contribution in [1.29, 1.82) is 0 Å². The van der Waals surface area contributed by atoms with E-state index in [4.69, 9.17) is 0 Å². The van der Waals surface area contributed by atoms with Gasteiger partial charge in [0.05, 0.1) is 0 Å². The van der Waals surface area contributed by atoms with Crippen LogP contribution in [0.2, 0.25) is 0 Å². The minimum absolute atomic E-state index is 0.0454. The fourth-order valence-corrected chi connectivity index (χ4v) is 1.69. The normalized spacial score (nSPS) is 14.5. The summed E-state index contributed by atoms with van der Waals surface area (Å²) in [5, 5.41) is 19.3. The van der Waals surface area contributed by atoms with Crippen LogP contribution in [0.25, 0.3) is 0 Å². The lowest BCUT2D eigenvalue weighted by molar-refractivity contribution is -0.204. The highest BCUT2D eigenvalue weighted by Crippen LogP contribution is 2.26. The summed E-state index contributed by atoms with van der Waals surface area (Å²) in [6.07, 6.45) is 5.70. The minimum Gasteiger partial charge on any atom is -0.365 e. The van der Waals surface area contributed by atoms with Gasteiger partial charge in [0, 0.05) is 5.92 Å². The Kier molecular flexibility index (Phi) is 6.35. The molecule has 1 atom stereocenters. The molecule has 0 amide bonds. The van der Waals surface area contributed by atoms with Crippen LogP contribution in [0, 0.1) is 5.92 Å². The molecule has 0 bridgehead atoms. The van der Waals surface area contributed by atoms with Gasteiger partial charge in [-0.3, -0.25) is 0 Å². The molecule has 0 aliphatic heterocycles. The summed E-state index contributed by atoms with van der Waals surface area (Å²) in [6, 6.07) is 0. The highest BCUT2D eigenvalue weighted by atomic mass is 16.5. The SMILES string of the molecule is CCCCCC(CC)C(O)(O)CC. The van der Waals surface area contributed by atoms with Gasteiger partial charge in [0.1, 0.15) is 0 Å². The first-order valence-corrected chi connectivity index (χ1v) is 5.53. The smallest absolute Gasteiger partial charge is 0.165 e. The number of aliphatic hydroxyl groups is 2. The van der Waals surface area contributed by atoms with Crippen molar-refractivity contribution < 1.29 is 10.2 Å². The summed E-state index contributed by atoms with van der Waals surface area (Å²) < 4.78 is 0. The van der Waals surface area contributed by atoms with E-state index in [1.54, 1.807) is 0 Å². The van der Waals surface area contributed by atoms with Crippen LogP contribution in [-0.2, 0) is 0 Å². The molecule has 0 aromatic heterocycles. The molecule has 2 heteroatoms. The Hall–Kier alpha value is -0.0800. The molecule has 1 unspecified atom stereocenters. The zero-order valence-corrected chi connectivity index (χ0v) is 9.21. The Morgan fingerprint density at radius 3 is 2.08 bits per heavy atom. The number of hydrogen-bond acceptors (Lipinski definition) is 2. The summed E-state index contributed by atoms with van der Waals surface area (Å²) >= 11 is 0. The van der Waals surface area contributed by atoms with E-state index in [0.717, 1.165) is 19.3 Å². The van der Waals surface area contributed by atoms with E-state index in [2.05, 4.69) is 6.92 Å². The summed E-state index contributed by atoms with van der Waals surface area (Å²) in [4.78, 5) is 0. The van der Waals surface area contributed by atoms with Gasteiger partial charge in [0.15, 0.2) is 5.79 Å². The van der Waals surface area contributed by atoms with E-state index in [1.165, 1.54) is 12.8 Å². The molecule has 2 nitrogen and oxygen atoms in total. The van der Waals surface area contributed by atoms with Crippen molar-refractivity contribution in [3.8, 4) is 0 Å². The second kappa shape index (κ2) is 6.39. The van der Waals surface area contributed by atoms with Crippen LogP contribution in [-0.4, -0.2) is 16.0 Å². The van der Waals surface area contributed by atoms with Gasteiger partial charge in [0.25, 0.3) is 0 Å². The fourth-order valence-electron chi connectivity index (χ4n) is 1.69. The molecule has 2 N–H and O–H groups in total. The van der Waals surface area contributed by atoms with Crippen molar-refractivity contribution in [2.75, 3.05) is 0 Å². The third-order valence-corrected chi connectivity index (χ3v) is 2.82. The van der Waals surface area contributed by atoms with E-state index in [9.17, 15) is 10.2 Å². The van der Waals surface area contributed by atoms with E-state index < -0.39 is 5.79 Å². The lowest BCUT2D eigenvalue weighted by atomic mass is 9.88. The molecule has 0 fully saturated rings. The molecule has 0 aliphatic rings. The first kappa shape index (κ1) is 12.9. The molecule has 0 saturated carbocycles. The van der Waals surface area contributed by atoms with Crippen molar-refractivity contribution in [3.05, 3.63) is 0 Å². The Bertz CT molecular complexity index is 121. The highest BCUT2D eigenvalue weighted by Gasteiger charge is 2.30. The van der Waals surface area contributed by atoms with E-state index >= 15 is 0 Å². The molecule has 0 saturated heterocycles. The third kappa shape index (κ3) is 4.63. The Morgan fingerprint density at radius 2 is 1.69 bits per heavy atom. The second-order valence-corrected chi connectivity index (χ2v) is 3.83. The zero-order chi connectivity index (χ0) is 10.3. The summed E-state index contributed by atoms with van der Waals surface area (Å²) in [6.45, 7) is 6.00. The average molecular weight is 188 g/mol. The topological polar surface area (TPSA) is 40.5 Å². The van der Waals surface area contributed by atoms with Gasteiger partial charge in [-0.1, -0.05) is 40.0 Å². The van der Waals surface area contributed by atoms with Crippen LogP contribution in [0.1, 0.15) is 59.3 Å². The first-order chi connectivity index (χ1) is 6.08. The lowest BCUT2D eigenvalue weighted by Crippen LogP contribution is -2.36. The quantitative estimate of drug-likeness (QED) is 0.476. The van der Waals surface area contributed by atoms with Crippen LogP contribution < -0.4 is 0 Å². The molecular formula is C11H24O2. The van der Waals surface area contributed by atoms with Crippen molar-refractivity contribution in [2.45, 2.75) is 65.1 Å².